The molecule has 1 unspecified atom stereocenters. The van der Waals surface area contributed by atoms with E-state index in [-0.39, 0.29) is 24.9 Å². The Morgan fingerprint density at radius 1 is 1.22 bits per heavy atom. The molecule has 1 heterocycles. The maximum Gasteiger partial charge on any atom is 0.262 e. The third-order valence-electron chi connectivity index (χ3n) is 4.38. The van der Waals surface area contributed by atoms with E-state index < -0.39 is 6.10 Å². The molecule has 0 saturated heterocycles. The number of para-hydroxylation sites is 2. The Morgan fingerprint density at radius 2 is 1.93 bits per heavy atom. The number of anilines is 1. The topological polar surface area (TPSA) is 61.9 Å². The quantitative estimate of drug-likeness (QED) is 0.855. The van der Waals surface area contributed by atoms with Gasteiger partial charge in [-0.1, -0.05) is 35.9 Å². The standard InChI is InChI=1S/C20H22ClN3O3/c1-22-20(26)18-12-24(16-5-3-4-6-17(16)27-18)19(25)13-23(2)11-14-7-9-15(21)10-8-14/h3-10,18H,11-13H2,1-2H3,(H,22,26). The zero-order valence-corrected chi connectivity index (χ0v) is 16.1. The van der Waals surface area contributed by atoms with Crippen molar-refractivity contribution in [3.05, 3.63) is 59.1 Å². The van der Waals surface area contributed by atoms with Gasteiger partial charge in [0.1, 0.15) is 5.75 Å². The highest BCUT2D eigenvalue weighted by Gasteiger charge is 2.33. The summed E-state index contributed by atoms with van der Waals surface area (Å²) in [6.45, 7) is 1.02. The van der Waals surface area contributed by atoms with Crippen molar-refractivity contribution in [1.82, 2.24) is 10.2 Å². The van der Waals surface area contributed by atoms with Crippen LogP contribution in [-0.2, 0) is 16.1 Å². The Morgan fingerprint density at radius 3 is 2.63 bits per heavy atom. The van der Waals surface area contributed by atoms with E-state index in [9.17, 15) is 9.59 Å². The molecule has 1 aliphatic rings. The zero-order valence-electron chi connectivity index (χ0n) is 15.3. The van der Waals surface area contributed by atoms with Gasteiger partial charge in [-0.15, -0.1) is 0 Å². The second kappa shape index (κ2) is 8.41. The van der Waals surface area contributed by atoms with Crippen molar-refractivity contribution in [2.75, 3.05) is 32.1 Å². The molecule has 0 spiro atoms. The highest BCUT2D eigenvalue weighted by atomic mass is 35.5. The van der Waals surface area contributed by atoms with E-state index in [2.05, 4.69) is 5.32 Å². The molecule has 0 saturated carbocycles. The van der Waals surface area contributed by atoms with E-state index >= 15 is 0 Å². The number of ether oxygens (including phenoxy) is 1. The van der Waals surface area contributed by atoms with Gasteiger partial charge < -0.3 is 15.0 Å². The average molecular weight is 388 g/mol. The molecule has 0 fully saturated rings. The van der Waals surface area contributed by atoms with Gasteiger partial charge in [0.05, 0.1) is 18.8 Å². The molecule has 2 amide bonds. The van der Waals surface area contributed by atoms with E-state index in [1.807, 2.05) is 54.4 Å². The van der Waals surface area contributed by atoms with Crippen LogP contribution < -0.4 is 15.0 Å². The largest absolute Gasteiger partial charge is 0.477 e. The van der Waals surface area contributed by atoms with Crippen LogP contribution >= 0.6 is 11.6 Å². The molecule has 0 aliphatic carbocycles. The third kappa shape index (κ3) is 4.59. The third-order valence-corrected chi connectivity index (χ3v) is 4.64. The monoisotopic (exact) mass is 387 g/mol. The number of amides is 2. The summed E-state index contributed by atoms with van der Waals surface area (Å²) in [5, 5.41) is 3.26. The number of halogens is 1. The van der Waals surface area contributed by atoms with Crippen LogP contribution in [0.2, 0.25) is 5.02 Å². The minimum atomic E-state index is -0.726. The second-order valence-corrected chi connectivity index (χ2v) is 6.93. The van der Waals surface area contributed by atoms with Gasteiger partial charge >= 0.3 is 0 Å². The average Bonchev–Trinajstić information content (AvgIpc) is 2.68. The van der Waals surface area contributed by atoms with Crippen molar-refractivity contribution in [2.45, 2.75) is 12.6 Å². The van der Waals surface area contributed by atoms with Crippen LogP contribution in [0.4, 0.5) is 5.69 Å². The minimum Gasteiger partial charge on any atom is -0.477 e. The molecule has 0 radical (unpaired) electrons. The van der Waals surface area contributed by atoms with Gasteiger partial charge in [-0.05, 0) is 36.9 Å². The van der Waals surface area contributed by atoms with Crippen LogP contribution in [0, 0.1) is 0 Å². The number of fused-ring (bicyclic) bond motifs is 1. The van der Waals surface area contributed by atoms with Crippen LogP contribution in [0.3, 0.4) is 0 Å². The summed E-state index contributed by atoms with van der Waals surface area (Å²) in [5.41, 5.74) is 1.75. The van der Waals surface area contributed by atoms with Crippen molar-refractivity contribution in [1.29, 1.82) is 0 Å². The molecule has 142 valence electrons. The molecule has 0 bridgehead atoms. The van der Waals surface area contributed by atoms with Crippen LogP contribution in [-0.4, -0.2) is 50.0 Å². The predicted molar refractivity (Wildman–Crippen MR) is 105 cm³/mol. The Balaban J connectivity index is 1.72. The van der Waals surface area contributed by atoms with Crippen LogP contribution in [0.5, 0.6) is 5.75 Å². The first-order valence-corrected chi connectivity index (χ1v) is 9.06. The molecule has 3 rings (SSSR count). The molecule has 0 aromatic heterocycles. The normalized spacial score (nSPS) is 15.9. The van der Waals surface area contributed by atoms with Gasteiger partial charge in [-0.25, -0.2) is 0 Å². The van der Waals surface area contributed by atoms with Gasteiger partial charge in [-0.3, -0.25) is 14.5 Å². The molecular formula is C20H22ClN3O3. The number of nitrogens with zero attached hydrogens (tertiary/aromatic N) is 2. The number of nitrogens with one attached hydrogen (secondary N) is 1. The lowest BCUT2D eigenvalue weighted by molar-refractivity contribution is -0.128. The van der Waals surface area contributed by atoms with Gasteiger partial charge in [0.2, 0.25) is 5.91 Å². The smallest absolute Gasteiger partial charge is 0.262 e. The SMILES string of the molecule is CNC(=O)C1CN(C(=O)CN(C)Cc2ccc(Cl)cc2)c2ccccc2O1. The highest BCUT2D eigenvalue weighted by molar-refractivity contribution is 6.30. The summed E-state index contributed by atoms with van der Waals surface area (Å²) in [5.74, 6) is 0.194. The fourth-order valence-electron chi connectivity index (χ4n) is 3.04. The number of hydrogen-bond donors (Lipinski definition) is 1. The summed E-state index contributed by atoms with van der Waals surface area (Å²) in [4.78, 5) is 28.5. The summed E-state index contributed by atoms with van der Waals surface area (Å²) in [6.07, 6.45) is -0.726. The van der Waals surface area contributed by atoms with Crippen molar-refractivity contribution >= 4 is 29.1 Å². The predicted octanol–water partition coefficient (Wildman–Crippen LogP) is 2.31. The number of carbonyl (C=O) groups is 2. The van der Waals surface area contributed by atoms with E-state index in [1.54, 1.807) is 18.0 Å². The minimum absolute atomic E-state index is 0.0869. The second-order valence-electron chi connectivity index (χ2n) is 6.49. The molecule has 1 atom stereocenters. The fourth-order valence-corrected chi connectivity index (χ4v) is 3.17. The molecule has 1 aliphatic heterocycles. The van der Waals surface area contributed by atoms with Gasteiger partial charge in [0, 0.05) is 18.6 Å². The molecular weight excluding hydrogens is 366 g/mol. The molecule has 7 heteroatoms. The maximum atomic E-state index is 12.9. The molecule has 6 nitrogen and oxygen atoms in total. The van der Waals surface area contributed by atoms with Crippen LogP contribution in [0.15, 0.2) is 48.5 Å². The molecule has 2 aromatic rings. The first-order chi connectivity index (χ1) is 13.0. The van der Waals surface area contributed by atoms with Crippen LogP contribution in [0.1, 0.15) is 5.56 Å². The summed E-state index contributed by atoms with van der Waals surface area (Å²) >= 11 is 5.91. The number of hydrogen-bond acceptors (Lipinski definition) is 4. The van der Waals surface area contributed by atoms with Gasteiger partial charge in [0.15, 0.2) is 6.10 Å². The van der Waals surface area contributed by atoms with Crippen molar-refractivity contribution < 1.29 is 14.3 Å². The van der Waals surface area contributed by atoms with E-state index in [0.29, 0.717) is 23.0 Å². The van der Waals surface area contributed by atoms with Crippen molar-refractivity contribution in [2.24, 2.45) is 0 Å². The van der Waals surface area contributed by atoms with E-state index in [4.69, 9.17) is 16.3 Å². The summed E-state index contributed by atoms with van der Waals surface area (Å²) in [7, 11) is 3.44. The summed E-state index contributed by atoms with van der Waals surface area (Å²) in [6, 6.07) is 14.8. The molecule has 1 N–H and O–H groups in total. The van der Waals surface area contributed by atoms with Gasteiger partial charge in [0.25, 0.3) is 5.91 Å². The first kappa shape index (κ1) is 19.2. The molecule has 2 aromatic carbocycles. The lowest BCUT2D eigenvalue weighted by Gasteiger charge is -2.34. The summed E-state index contributed by atoms with van der Waals surface area (Å²) < 4.78 is 5.74. The maximum absolute atomic E-state index is 12.9. The van der Waals surface area contributed by atoms with Crippen LogP contribution in [0.25, 0.3) is 0 Å². The van der Waals surface area contributed by atoms with Crippen molar-refractivity contribution in [3.63, 3.8) is 0 Å². The fraction of sp³-hybridized carbons (Fsp3) is 0.300. The van der Waals surface area contributed by atoms with E-state index in [1.165, 1.54) is 0 Å². The lowest BCUT2D eigenvalue weighted by atomic mass is 10.1. The number of carbonyl (C=O) groups excluding carboxylic acids is 2. The van der Waals surface area contributed by atoms with E-state index in [0.717, 1.165) is 5.56 Å². The molecule has 27 heavy (non-hydrogen) atoms. The first-order valence-electron chi connectivity index (χ1n) is 8.68. The number of rotatable bonds is 5. The Kier molecular flexibility index (Phi) is 5.98. The van der Waals surface area contributed by atoms with Crippen molar-refractivity contribution in [3.8, 4) is 5.75 Å². The number of likely N-dealkylation sites (N-methyl/N-ethyl adjacent to an activating group) is 2. The Bertz CT molecular complexity index is 825. The van der Waals surface area contributed by atoms with Gasteiger partial charge in [-0.2, -0.15) is 0 Å². The zero-order chi connectivity index (χ0) is 19.4. The number of benzene rings is 2. The Labute approximate surface area is 163 Å². The highest BCUT2D eigenvalue weighted by Crippen LogP contribution is 2.33. The Hall–Kier alpha value is -2.57. The lowest BCUT2D eigenvalue weighted by Crippen LogP contribution is -2.51.